The van der Waals surface area contributed by atoms with Crippen molar-refractivity contribution >= 4 is 17.5 Å². The quantitative estimate of drug-likeness (QED) is 0.520. The van der Waals surface area contributed by atoms with E-state index in [0.717, 1.165) is 24.8 Å². The Labute approximate surface area is 77.8 Å². The molecule has 2 N–H and O–H groups in total. The van der Waals surface area contributed by atoms with Crippen LogP contribution in [0.4, 0.5) is 0 Å². The largest absolute Gasteiger partial charge is 0.370 e. The second-order valence-electron chi connectivity index (χ2n) is 3.40. The van der Waals surface area contributed by atoms with E-state index in [1.165, 1.54) is 0 Å². The summed E-state index contributed by atoms with van der Waals surface area (Å²) in [5, 5.41) is 0.210. The molecule has 0 heterocycles. The number of alkyl halides is 1. The van der Waals surface area contributed by atoms with Crippen LogP contribution < -0.4 is 5.73 Å². The summed E-state index contributed by atoms with van der Waals surface area (Å²) in [6.45, 7) is 3.91. The van der Waals surface area contributed by atoms with E-state index in [-0.39, 0.29) is 17.2 Å². The summed E-state index contributed by atoms with van der Waals surface area (Å²) in [7, 11) is 0. The fourth-order valence-corrected chi connectivity index (χ4v) is 1.95. The van der Waals surface area contributed by atoms with Gasteiger partial charge in [0, 0.05) is 11.8 Å². The van der Waals surface area contributed by atoms with Crippen LogP contribution in [0.2, 0.25) is 0 Å². The minimum Gasteiger partial charge on any atom is -0.370 e. The maximum absolute atomic E-state index is 10.6. The molecular formula is C9H14ClNO. The molecule has 1 rings (SSSR count). The second-order valence-corrected chi connectivity index (χ2v) is 4.02. The van der Waals surface area contributed by atoms with Gasteiger partial charge in [-0.2, -0.15) is 0 Å². The van der Waals surface area contributed by atoms with Crippen LogP contribution in [0, 0.1) is 5.92 Å². The van der Waals surface area contributed by atoms with Crippen LogP contribution >= 0.6 is 11.6 Å². The monoisotopic (exact) mass is 187 g/mol. The zero-order valence-electron chi connectivity index (χ0n) is 7.05. The summed E-state index contributed by atoms with van der Waals surface area (Å²) in [6, 6.07) is 0. The van der Waals surface area contributed by atoms with Crippen molar-refractivity contribution < 1.29 is 4.79 Å². The van der Waals surface area contributed by atoms with Crippen molar-refractivity contribution in [3.05, 3.63) is 12.2 Å². The van der Waals surface area contributed by atoms with E-state index in [1.807, 2.05) is 0 Å². The summed E-state index contributed by atoms with van der Waals surface area (Å²) in [4.78, 5) is 10.6. The third-order valence-corrected chi connectivity index (χ3v) is 2.71. The van der Waals surface area contributed by atoms with Crippen molar-refractivity contribution in [3.8, 4) is 0 Å². The Bertz CT molecular complexity index is 203. The molecule has 2 nitrogen and oxygen atoms in total. The predicted molar refractivity (Wildman–Crippen MR) is 49.9 cm³/mol. The number of carbonyl (C=O) groups excluding carboxylic acids is 1. The average molecular weight is 188 g/mol. The lowest BCUT2D eigenvalue weighted by Crippen LogP contribution is -2.22. The first-order valence-electron chi connectivity index (χ1n) is 4.19. The number of halogens is 1. The van der Waals surface area contributed by atoms with Crippen molar-refractivity contribution in [2.45, 2.75) is 31.1 Å². The van der Waals surface area contributed by atoms with Gasteiger partial charge in [-0.3, -0.25) is 4.79 Å². The number of rotatable bonds is 2. The second kappa shape index (κ2) is 3.94. The van der Waals surface area contributed by atoms with Gasteiger partial charge in [-0.05, 0) is 25.2 Å². The fourth-order valence-electron chi connectivity index (χ4n) is 1.63. The van der Waals surface area contributed by atoms with Crippen LogP contribution in [0.3, 0.4) is 0 Å². The summed E-state index contributed by atoms with van der Waals surface area (Å²) in [5.74, 6) is 0.0340. The summed E-state index contributed by atoms with van der Waals surface area (Å²) < 4.78 is 0. The Balaban J connectivity index is 2.45. The molecular weight excluding hydrogens is 174 g/mol. The highest BCUT2D eigenvalue weighted by molar-refractivity contribution is 6.20. The Morgan fingerprint density at radius 1 is 1.67 bits per heavy atom. The summed E-state index contributed by atoms with van der Waals surface area (Å²) in [5.41, 5.74) is 6.19. The molecule has 0 saturated heterocycles. The standard InChI is InChI=1S/C9H14ClNO/c1-6-4-8(10)3-2-7(6)5-9(11)12/h7-8H,1-5H2,(H2,11,12). The molecule has 2 atom stereocenters. The highest BCUT2D eigenvalue weighted by atomic mass is 35.5. The van der Waals surface area contributed by atoms with E-state index in [0.29, 0.717) is 6.42 Å². The van der Waals surface area contributed by atoms with Crippen LogP contribution in [0.15, 0.2) is 12.2 Å². The molecule has 68 valence electrons. The number of primary amides is 1. The number of nitrogens with two attached hydrogens (primary N) is 1. The smallest absolute Gasteiger partial charge is 0.218 e. The van der Waals surface area contributed by atoms with E-state index in [1.54, 1.807) is 0 Å². The molecule has 0 aliphatic heterocycles. The van der Waals surface area contributed by atoms with Gasteiger partial charge in [0.1, 0.15) is 0 Å². The molecule has 0 aromatic carbocycles. The van der Waals surface area contributed by atoms with E-state index >= 15 is 0 Å². The molecule has 1 aliphatic rings. The van der Waals surface area contributed by atoms with Gasteiger partial charge in [-0.15, -0.1) is 11.6 Å². The van der Waals surface area contributed by atoms with Gasteiger partial charge in [0.2, 0.25) is 5.91 Å². The van der Waals surface area contributed by atoms with Gasteiger partial charge in [0.15, 0.2) is 0 Å². The van der Waals surface area contributed by atoms with Crippen LogP contribution in [-0.2, 0) is 4.79 Å². The molecule has 1 amide bonds. The first kappa shape index (κ1) is 9.59. The van der Waals surface area contributed by atoms with Crippen molar-refractivity contribution in [1.29, 1.82) is 0 Å². The SMILES string of the molecule is C=C1CC(Cl)CCC1CC(N)=O. The van der Waals surface area contributed by atoms with Gasteiger partial charge in [-0.1, -0.05) is 12.2 Å². The van der Waals surface area contributed by atoms with Crippen LogP contribution in [0.5, 0.6) is 0 Å². The molecule has 2 unspecified atom stereocenters. The van der Waals surface area contributed by atoms with E-state index in [2.05, 4.69) is 6.58 Å². The summed E-state index contributed by atoms with van der Waals surface area (Å²) in [6.07, 6.45) is 3.19. The molecule has 0 spiro atoms. The predicted octanol–water partition coefficient (Wildman–Crippen LogP) is 1.83. The van der Waals surface area contributed by atoms with Crippen molar-refractivity contribution in [1.82, 2.24) is 0 Å². The van der Waals surface area contributed by atoms with Crippen LogP contribution in [0.1, 0.15) is 25.7 Å². The lowest BCUT2D eigenvalue weighted by molar-refractivity contribution is -0.118. The normalized spacial score (nSPS) is 30.2. The van der Waals surface area contributed by atoms with Gasteiger partial charge in [0.25, 0.3) is 0 Å². The fraction of sp³-hybridized carbons (Fsp3) is 0.667. The molecule has 1 aliphatic carbocycles. The molecule has 1 fully saturated rings. The molecule has 0 aromatic heterocycles. The lowest BCUT2D eigenvalue weighted by Gasteiger charge is -2.26. The van der Waals surface area contributed by atoms with Gasteiger partial charge < -0.3 is 5.73 Å². The molecule has 0 aromatic rings. The van der Waals surface area contributed by atoms with Crippen LogP contribution in [-0.4, -0.2) is 11.3 Å². The third kappa shape index (κ3) is 2.52. The number of carbonyl (C=O) groups is 1. The Hall–Kier alpha value is -0.500. The molecule has 0 radical (unpaired) electrons. The number of allylic oxidation sites excluding steroid dienone is 1. The molecule has 1 saturated carbocycles. The maximum Gasteiger partial charge on any atom is 0.218 e. The minimum absolute atomic E-state index is 0.210. The number of amides is 1. The minimum atomic E-state index is -0.242. The van der Waals surface area contributed by atoms with Crippen LogP contribution in [0.25, 0.3) is 0 Å². The number of hydrogen-bond acceptors (Lipinski definition) is 1. The zero-order chi connectivity index (χ0) is 9.14. The zero-order valence-corrected chi connectivity index (χ0v) is 7.81. The van der Waals surface area contributed by atoms with E-state index in [4.69, 9.17) is 17.3 Å². The van der Waals surface area contributed by atoms with Gasteiger partial charge in [-0.25, -0.2) is 0 Å². The van der Waals surface area contributed by atoms with Crippen molar-refractivity contribution in [2.24, 2.45) is 11.7 Å². The highest BCUT2D eigenvalue weighted by Gasteiger charge is 2.23. The maximum atomic E-state index is 10.6. The van der Waals surface area contributed by atoms with Crippen molar-refractivity contribution in [3.63, 3.8) is 0 Å². The first-order valence-corrected chi connectivity index (χ1v) is 4.63. The number of hydrogen-bond donors (Lipinski definition) is 1. The molecule has 0 bridgehead atoms. The van der Waals surface area contributed by atoms with Gasteiger partial charge in [0.05, 0.1) is 0 Å². The Morgan fingerprint density at radius 2 is 2.33 bits per heavy atom. The Kier molecular flexibility index (Phi) is 3.15. The van der Waals surface area contributed by atoms with Crippen molar-refractivity contribution in [2.75, 3.05) is 0 Å². The van der Waals surface area contributed by atoms with E-state index < -0.39 is 0 Å². The van der Waals surface area contributed by atoms with E-state index in [9.17, 15) is 4.79 Å². The first-order chi connectivity index (χ1) is 5.59. The topological polar surface area (TPSA) is 43.1 Å². The summed E-state index contributed by atoms with van der Waals surface area (Å²) >= 11 is 5.94. The molecule has 12 heavy (non-hydrogen) atoms. The van der Waals surface area contributed by atoms with Gasteiger partial charge >= 0.3 is 0 Å². The molecule has 3 heteroatoms. The average Bonchev–Trinajstić information content (AvgIpc) is 1.94. The third-order valence-electron chi connectivity index (χ3n) is 2.34. The highest BCUT2D eigenvalue weighted by Crippen LogP contribution is 2.32. The lowest BCUT2D eigenvalue weighted by atomic mass is 9.83. The Morgan fingerprint density at radius 3 is 2.83 bits per heavy atom.